The standard InChI is InChI=1S/C25H27N3O4/c1-15(2)10-21(28-23(30)18-6-3-4-7-19(18)24(28)31)25(32)26-12-16-11-17(14-26)20-8-5-9-22(29)27(20)13-16/h3-9,15-17,21H,10-14H2,1-2H3/t16?,17-,21?/m0/s1. The van der Waals surface area contributed by atoms with Crippen molar-refractivity contribution >= 4 is 17.7 Å². The van der Waals surface area contributed by atoms with Crippen molar-refractivity contribution in [3.63, 3.8) is 0 Å². The van der Waals surface area contributed by atoms with E-state index in [2.05, 4.69) is 0 Å². The van der Waals surface area contributed by atoms with Gasteiger partial charge in [-0.3, -0.25) is 24.1 Å². The summed E-state index contributed by atoms with van der Waals surface area (Å²) in [5.74, 6) is -0.543. The van der Waals surface area contributed by atoms with Crippen LogP contribution in [-0.4, -0.2) is 51.2 Å². The van der Waals surface area contributed by atoms with E-state index < -0.39 is 17.9 Å². The number of likely N-dealkylation sites (tertiary alicyclic amines) is 1. The van der Waals surface area contributed by atoms with Gasteiger partial charge in [-0.2, -0.15) is 0 Å². The van der Waals surface area contributed by atoms with Crippen molar-refractivity contribution in [1.29, 1.82) is 0 Å². The number of benzene rings is 1. The van der Waals surface area contributed by atoms with Gasteiger partial charge in [0.2, 0.25) is 5.91 Å². The number of imide groups is 1. The van der Waals surface area contributed by atoms with Gasteiger partial charge in [-0.25, -0.2) is 0 Å². The first kappa shape index (κ1) is 20.7. The molecule has 0 N–H and O–H groups in total. The summed E-state index contributed by atoms with van der Waals surface area (Å²) in [6.07, 6.45) is 1.36. The van der Waals surface area contributed by atoms with Crippen molar-refractivity contribution in [2.75, 3.05) is 13.1 Å². The lowest BCUT2D eigenvalue weighted by molar-refractivity contribution is -0.138. The van der Waals surface area contributed by atoms with Crippen LogP contribution in [0.5, 0.6) is 0 Å². The van der Waals surface area contributed by atoms with Crippen molar-refractivity contribution in [2.24, 2.45) is 11.8 Å². The topological polar surface area (TPSA) is 79.7 Å². The van der Waals surface area contributed by atoms with E-state index in [1.165, 1.54) is 4.90 Å². The van der Waals surface area contributed by atoms with Gasteiger partial charge in [-0.15, -0.1) is 0 Å². The number of pyridine rings is 1. The van der Waals surface area contributed by atoms with Gasteiger partial charge in [-0.1, -0.05) is 32.0 Å². The molecule has 7 nitrogen and oxygen atoms in total. The number of hydrogen-bond acceptors (Lipinski definition) is 4. The second-order valence-corrected chi connectivity index (χ2v) is 9.61. The molecule has 166 valence electrons. The molecular formula is C25H27N3O4. The van der Waals surface area contributed by atoms with Crippen LogP contribution in [0.2, 0.25) is 0 Å². The molecule has 7 heteroatoms. The van der Waals surface area contributed by atoms with Gasteiger partial charge in [0.15, 0.2) is 0 Å². The number of carbonyl (C=O) groups excluding carboxylic acids is 3. The number of amides is 3. The normalized spacial score (nSPS) is 22.7. The average molecular weight is 434 g/mol. The van der Waals surface area contributed by atoms with Gasteiger partial charge in [0, 0.05) is 37.3 Å². The molecule has 2 aromatic rings. The van der Waals surface area contributed by atoms with Gasteiger partial charge < -0.3 is 9.47 Å². The zero-order valence-corrected chi connectivity index (χ0v) is 18.4. The number of piperidine rings is 1. The summed E-state index contributed by atoms with van der Waals surface area (Å²) in [6.45, 7) is 5.61. The third-order valence-electron chi connectivity index (χ3n) is 6.91. The minimum Gasteiger partial charge on any atom is -0.340 e. The van der Waals surface area contributed by atoms with E-state index in [1.54, 1.807) is 36.4 Å². The molecule has 5 rings (SSSR count). The van der Waals surface area contributed by atoms with Crippen LogP contribution in [0, 0.1) is 11.8 Å². The molecule has 1 aromatic heterocycles. The highest BCUT2D eigenvalue weighted by atomic mass is 16.2. The fourth-order valence-corrected chi connectivity index (χ4v) is 5.54. The highest BCUT2D eigenvalue weighted by Crippen LogP contribution is 2.36. The maximum atomic E-state index is 13.8. The van der Waals surface area contributed by atoms with E-state index in [0.29, 0.717) is 37.2 Å². The van der Waals surface area contributed by atoms with Crippen LogP contribution in [0.25, 0.3) is 0 Å². The fraction of sp³-hybridized carbons (Fsp3) is 0.440. The Hall–Kier alpha value is -3.22. The Kier molecular flexibility index (Phi) is 4.99. The van der Waals surface area contributed by atoms with Crippen LogP contribution in [0.4, 0.5) is 0 Å². The Labute approximate surface area is 186 Å². The second-order valence-electron chi connectivity index (χ2n) is 9.61. The molecule has 0 radical (unpaired) electrons. The van der Waals surface area contributed by atoms with E-state index in [-0.39, 0.29) is 29.2 Å². The third kappa shape index (κ3) is 3.27. The molecule has 3 aliphatic heterocycles. The SMILES string of the molecule is CC(C)CC(C(=O)N1CC2C[C@@H](C1)c1cccc(=O)n1C2)N1C(=O)c2ccccc2C1=O. The van der Waals surface area contributed by atoms with Crippen molar-refractivity contribution in [3.05, 3.63) is 69.6 Å². The van der Waals surface area contributed by atoms with Crippen molar-refractivity contribution in [1.82, 2.24) is 14.4 Å². The van der Waals surface area contributed by atoms with Crippen LogP contribution in [0.3, 0.4) is 0 Å². The van der Waals surface area contributed by atoms with Crippen molar-refractivity contribution < 1.29 is 14.4 Å². The first-order valence-corrected chi connectivity index (χ1v) is 11.3. The highest BCUT2D eigenvalue weighted by molar-refractivity contribution is 6.22. The summed E-state index contributed by atoms with van der Waals surface area (Å²) in [4.78, 5) is 55.3. The summed E-state index contributed by atoms with van der Waals surface area (Å²) < 4.78 is 1.83. The maximum absolute atomic E-state index is 13.8. The number of fused-ring (bicyclic) bond motifs is 5. The number of rotatable bonds is 4. The molecule has 0 aliphatic carbocycles. The Morgan fingerprint density at radius 1 is 0.938 bits per heavy atom. The minimum atomic E-state index is -0.820. The molecule has 2 unspecified atom stereocenters. The quantitative estimate of drug-likeness (QED) is 0.694. The van der Waals surface area contributed by atoms with Gasteiger partial charge in [0.1, 0.15) is 6.04 Å². The summed E-state index contributed by atoms with van der Waals surface area (Å²) >= 11 is 0. The number of aromatic nitrogens is 1. The lowest BCUT2D eigenvalue weighted by Crippen LogP contribution is -2.56. The van der Waals surface area contributed by atoms with Crippen LogP contribution in [-0.2, 0) is 11.3 Å². The first-order valence-electron chi connectivity index (χ1n) is 11.3. The molecule has 0 spiro atoms. The molecule has 1 saturated heterocycles. The van der Waals surface area contributed by atoms with E-state index >= 15 is 0 Å². The van der Waals surface area contributed by atoms with E-state index in [0.717, 1.165) is 12.1 Å². The first-order chi connectivity index (χ1) is 15.3. The summed E-state index contributed by atoms with van der Waals surface area (Å²) in [6, 6.07) is 11.3. The van der Waals surface area contributed by atoms with E-state index in [1.807, 2.05) is 29.4 Å². The van der Waals surface area contributed by atoms with Crippen LogP contribution in [0.1, 0.15) is 59.0 Å². The molecule has 3 amide bonds. The molecule has 2 bridgehead atoms. The Morgan fingerprint density at radius 2 is 1.62 bits per heavy atom. The zero-order chi connectivity index (χ0) is 22.6. The molecule has 1 fully saturated rings. The average Bonchev–Trinajstić information content (AvgIpc) is 3.02. The smallest absolute Gasteiger partial charge is 0.262 e. The molecule has 32 heavy (non-hydrogen) atoms. The van der Waals surface area contributed by atoms with Gasteiger partial charge >= 0.3 is 0 Å². The Morgan fingerprint density at radius 3 is 2.28 bits per heavy atom. The number of carbonyl (C=O) groups is 3. The molecule has 3 atom stereocenters. The van der Waals surface area contributed by atoms with Crippen molar-refractivity contribution in [2.45, 2.75) is 45.2 Å². The van der Waals surface area contributed by atoms with Crippen molar-refractivity contribution in [3.8, 4) is 0 Å². The fourth-order valence-electron chi connectivity index (χ4n) is 5.54. The van der Waals surface area contributed by atoms with Gasteiger partial charge in [0.05, 0.1) is 11.1 Å². The van der Waals surface area contributed by atoms with Gasteiger partial charge in [0.25, 0.3) is 17.4 Å². The monoisotopic (exact) mass is 433 g/mol. The largest absolute Gasteiger partial charge is 0.340 e. The molecular weight excluding hydrogens is 406 g/mol. The summed E-state index contributed by atoms with van der Waals surface area (Å²) in [5, 5.41) is 0. The zero-order valence-electron chi connectivity index (χ0n) is 18.4. The molecule has 1 aromatic carbocycles. The molecule has 4 heterocycles. The van der Waals surface area contributed by atoms with E-state index in [9.17, 15) is 19.2 Å². The Balaban J connectivity index is 1.45. The number of nitrogens with zero attached hydrogens (tertiary/aromatic N) is 3. The third-order valence-corrected chi connectivity index (χ3v) is 6.91. The van der Waals surface area contributed by atoms with Gasteiger partial charge in [-0.05, 0) is 42.9 Å². The summed E-state index contributed by atoms with van der Waals surface area (Å²) in [7, 11) is 0. The Bertz CT molecular complexity index is 1130. The second kappa shape index (κ2) is 7.73. The highest BCUT2D eigenvalue weighted by Gasteiger charge is 2.45. The lowest BCUT2D eigenvalue weighted by atomic mass is 9.82. The minimum absolute atomic E-state index is 0.000635. The van der Waals surface area contributed by atoms with Crippen LogP contribution in [0.15, 0.2) is 47.3 Å². The molecule has 0 saturated carbocycles. The predicted octanol–water partition coefficient (Wildman–Crippen LogP) is 2.50. The summed E-state index contributed by atoms with van der Waals surface area (Å²) in [5.41, 5.74) is 1.69. The van der Waals surface area contributed by atoms with Crippen LogP contribution < -0.4 is 5.56 Å². The van der Waals surface area contributed by atoms with E-state index in [4.69, 9.17) is 0 Å². The predicted molar refractivity (Wildman–Crippen MR) is 118 cm³/mol. The maximum Gasteiger partial charge on any atom is 0.262 e. The van der Waals surface area contributed by atoms with Crippen LogP contribution >= 0.6 is 0 Å². The molecule has 3 aliphatic rings. The number of hydrogen-bond donors (Lipinski definition) is 0. The lowest BCUT2D eigenvalue weighted by Gasteiger charge is -2.44.